The average Bonchev–Trinajstić information content (AvgIpc) is 2.24. The number of hydrogen-bond donors (Lipinski definition) is 1. The minimum atomic E-state index is -4.16. The van der Waals surface area contributed by atoms with Crippen molar-refractivity contribution in [1.82, 2.24) is 4.98 Å². The summed E-state index contributed by atoms with van der Waals surface area (Å²) < 4.78 is 36.1. The molecule has 6 heteroatoms. The first-order valence-corrected chi connectivity index (χ1v) is 5.19. The Bertz CT molecular complexity index is 379. The quantitative estimate of drug-likeness (QED) is 0.888. The van der Waals surface area contributed by atoms with Gasteiger partial charge in [-0.25, -0.2) is 4.98 Å². The summed E-state index contributed by atoms with van der Waals surface area (Å²) >= 11 is 0. The van der Waals surface area contributed by atoms with Crippen molar-refractivity contribution >= 4 is 5.82 Å². The third-order valence-corrected chi connectivity index (χ3v) is 2.47. The normalized spacial score (nSPS) is 11.6. The predicted octanol–water partition coefficient (Wildman–Crippen LogP) is 2.27. The van der Waals surface area contributed by atoms with E-state index in [2.05, 4.69) is 4.98 Å². The van der Waals surface area contributed by atoms with E-state index < -0.39 is 12.6 Å². The van der Waals surface area contributed by atoms with Gasteiger partial charge in [-0.15, -0.1) is 0 Å². The molecule has 0 saturated carbocycles. The Morgan fingerprint density at radius 1 is 1.35 bits per heavy atom. The zero-order valence-electron chi connectivity index (χ0n) is 9.75. The van der Waals surface area contributed by atoms with E-state index >= 15 is 0 Å². The second kappa shape index (κ2) is 5.35. The van der Waals surface area contributed by atoms with Gasteiger partial charge in [0.2, 0.25) is 0 Å². The summed E-state index contributed by atoms with van der Waals surface area (Å²) in [5.41, 5.74) is 1.31. The molecule has 0 amide bonds. The molecule has 1 rings (SSSR count). The van der Waals surface area contributed by atoms with Crippen molar-refractivity contribution < 1.29 is 18.3 Å². The van der Waals surface area contributed by atoms with Crippen LogP contribution in [-0.4, -0.2) is 29.9 Å². The van der Waals surface area contributed by atoms with Gasteiger partial charge in [0, 0.05) is 19.3 Å². The summed E-state index contributed by atoms with van der Waals surface area (Å²) in [4.78, 5) is 5.59. The molecule has 1 heterocycles. The van der Waals surface area contributed by atoms with E-state index in [0.29, 0.717) is 17.1 Å². The van der Waals surface area contributed by atoms with E-state index in [4.69, 9.17) is 5.11 Å². The van der Waals surface area contributed by atoms with E-state index in [9.17, 15) is 13.2 Å². The van der Waals surface area contributed by atoms with Crippen LogP contribution in [0.25, 0.3) is 0 Å². The molecule has 0 radical (unpaired) electrons. The molecule has 0 spiro atoms. The lowest BCUT2D eigenvalue weighted by atomic mass is 10.2. The van der Waals surface area contributed by atoms with Gasteiger partial charge >= 0.3 is 6.18 Å². The van der Waals surface area contributed by atoms with Gasteiger partial charge in [0.25, 0.3) is 0 Å². The molecular weight excluding hydrogens is 233 g/mol. The number of halogens is 3. The van der Waals surface area contributed by atoms with Crippen LogP contribution in [0.15, 0.2) is 12.1 Å². The summed E-state index contributed by atoms with van der Waals surface area (Å²) in [6.07, 6.45) is -5.03. The van der Waals surface area contributed by atoms with E-state index in [-0.39, 0.29) is 13.2 Å². The third-order valence-electron chi connectivity index (χ3n) is 2.47. The van der Waals surface area contributed by atoms with Gasteiger partial charge in [-0.3, -0.25) is 0 Å². The number of pyridine rings is 1. The van der Waals surface area contributed by atoms with E-state index in [0.717, 1.165) is 0 Å². The standard InChI is InChI=1S/C11H15F3N2O/c1-8-9(7-17)3-4-10(15-8)16(2)6-5-11(12,13)14/h3-4,17H,5-7H2,1-2H3. The van der Waals surface area contributed by atoms with Gasteiger partial charge < -0.3 is 10.0 Å². The second-order valence-electron chi connectivity index (χ2n) is 3.86. The molecule has 0 aliphatic rings. The highest BCUT2D eigenvalue weighted by molar-refractivity contribution is 5.40. The van der Waals surface area contributed by atoms with Crippen molar-refractivity contribution in [3.05, 3.63) is 23.4 Å². The molecule has 1 aromatic rings. The summed E-state index contributed by atoms with van der Waals surface area (Å²) in [6, 6.07) is 3.27. The molecule has 0 bridgehead atoms. The van der Waals surface area contributed by atoms with Crippen LogP contribution in [0.3, 0.4) is 0 Å². The van der Waals surface area contributed by atoms with E-state index in [1.807, 2.05) is 0 Å². The summed E-state index contributed by atoms with van der Waals surface area (Å²) in [6.45, 7) is 1.46. The van der Waals surface area contributed by atoms with Crippen molar-refractivity contribution in [3.8, 4) is 0 Å². The van der Waals surface area contributed by atoms with E-state index in [1.165, 1.54) is 4.90 Å². The number of aromatic nitrogens is 1. The van der Waals surface area contributed by atoms with Crippen molar-refractivity contribution in [1.29, 1.82) is 0 Å². The highest BCUT2D eigenvalue weighted by Gasteiger charge is 2.27. The van der Waals surface area contributed by atoms with Crippen molar-refractivity contribution in [2.24, 2.45) is 0 Å². The molecule has 1 aromatic heterocycles. The van der Waals surface area contributed by atoms with Crippen LogP contribution in [0.1, 0.15) is 17.7 Å². The summed E-state index contributed by atoms with van der Waals surface area (Å²) in [7, 11) is 1.56. The number of rotatable bonds is 4. The largest absolute Gasteiger partial charge is 0.392 e. The number of aliphatic hydroxyl groups excluding tert-OH is 1. The lowest BCUT2D eigenvalue weighted by Crippen LogP contribution is -2.25. The number of aryl methyl sites for hydroxylation is 1. The van der Waals surface area contributed by atoms with Gasteiger partial charge in [-0.1, -0.05) is 6.07 Å². The monoisotopic (exact) mass is 248 g/mol. The molecule has 0 unspecified atom stereocenters. The van der Waals surface area contributed by atoms with Crippen LogP contribution in [0.2, 0.25) is 0 Å². The van der Waals surface area contributed by atoms with Crippen LogP contribution >= 0.6 is 0 Å². The molecule has 3 nitrogen and oxygen atoms in total. The topological polar surface area (TPSA) is 36.4 Å². The maximum atomic E-state index is 12.0. The highest BCUT2D eigenvalue weighted by Crippen LogP contribution is 2.21. The fraction of sp³-hybridized carbons (Fsp3) is 0.545. The maximum Gasteiger partial charge on any atom is 0.390 e. The minimum absolute atomic E-state index is 0.120. The molecule has 1 N–H and O–H groups in total. The van der Waals surface area contributed by atoms with Gasteiger partial charge in [0.15, 0.2) is 0 Å². The van der Waals surface area contributed by atoms with Crippen molar-refractivity contribution in [2.45, 2.75) is 26.1 Å². The third kappa shape index (κ3) is 4.22. The molecular formula is C11H15F3N2O. The van der Waals surface area contributed by atoms with Crippen molar-refractivity contribution in [3.63, 3.8) is 0 Å². The second-order valence-corrected chi connectivity index (χ2v) is 3.86. The SMILES string of the molecule is Cc1nc(N(C)CCC(F)(F)F)ccc1CO. The first-order chi connectivity index (χ1) is 7.83. The molecule has 0 aromatic carbocycles. The Hall–Kier alpha value is -1.30. The Kier molecular flexibility index (Phi) is 4.34. The van der Waals surface area contributed by atoms with Gasteiger partial charge in [-0.05, 0) is 18.6 Å². The minimum Gasteiger partial charge on any atom is -0.392 e. The summed E-state index contributed by atoms with van der Waals surface area (Å²) in [5.74, 6) is 0.476. The Balaban J connectivity index is 2.69. The van der Waals surface area contributed by atoms with Gasteiger partial charge in [0.1, 0.15) is 5.82 Å². The molecule has 17 heavy (non-hydrogen) atoms. The van der Waals surface area contributed by atoms with Crippen LogP contribution in [0.5, 0.6) is 0 Å². The molecule has 0 aliphatic heterocycles. The van der Waals surface area contributed by atoms with Crippen LogP contribution in [0.4, 0.5) is 19.0 Å². The molecule has 96 valence electrons. The number of alkyl halides is 3. The molecule has 0 fully saturated rings. The zero-order chi connectivity index (χ0) is 13.1. The summed E-state index contributed by atoms with van der Waals surface area (Å²) in [5, 5.41) is 8.96. The average molecular weight is 248 g/mol. The lowest BCUT2D eigenvalue weighted by molar-refractivity contribution is -0.132. The number of hydrogen-bond acceptors (Lipinski definition) is 3. The fourth-order valence-corrected chi connectivity index (χ4v) is 1.37. The number of aliphatic hydroxyl groups is 1. The van der Waals surface area contributed by atoms with Crippen LogP contribution < -0.4 is 4.90 Å². The van der Waals surface area contributed by atoms with Gasteiger partial charge in [0.05, 0.1) is 13.0 Å². The van der Waals surface area contributed by atoms with Gasteiger partial charge in [-0.2, -0.15) is 13.2 Å². The smallest absolute Gasteiger partial charge is 0.390 e. The Labute approximate surface area is 97.9 Å². The molecule has 0 saturated heterocycles. The maximum absolute atomic E-state index is 12.0. The predicted molar refractivity (Wildman–Crippen MR) is 58.8 cm³/mol. The number of nitrogens with zero attached hydrogens (tertiary/aromatic N) is 2. The Morgan fingerprint density at radius 3 is 2.47 bits per heavy atom. The molecule has 0 aliphatic carbocycles. The first kappa shape index (κ1) is 13.8. The fourth-order valence-electron chi connectivity index (χ4n) is 1.37. The lowest BCUT2D eigenvalue weighted by Gasteiger charge is -2.19. The Morgan fingerprint density at radius 2 is 2.00 bits per heavy atom. The first-order valence-electron chi connectivity index (χ1n) is 5.19. The molecule has 0 atom stereocenters. The zero-order valence-corrected chi connectivity index (χ0v) is 9.75. The highest BCUT2D eigenvalue weighted by atomic mass is 19.4. The van der Waals surface area contributed by atoms with E-state index in [1.54, 1.807) is 26.1 Å². The van der Waals surface area contributed by atoms with Crippen molar-refractivity contribution in [2.75, 3.05) is 18.5 Å². The van der Waals surface area contributed by atoms with Crippen LogP contribution in [-0.2, 0) is 6.61 Å². The van der Waals surface area contributed by atoms with Crippen LogP contribution in [0, 0.1) is 6.92 Å². The number of anilines is 1.